The van der Waals surface area contributed by atoms with Gasteiger partial charge in [-0.25, -0.2) is 4.39 Å². The summed E-state index contributed by atoms with van der Waals surface area (Å²) >= 11 is 0. The summed E-state index contributed by atoms with van der Waals surface area (Å²) in [4.78, 5) is 0. The molecule has 0 radical (unpaired) electrons. The predicted octanol–water partition coefficient (Wildman–Crippen LogP) is 2.13. The van der Waals surface area contributed by atoms with E-state index in [0.717, 1.165) is 17.3 Å². The Bertz CT molecular complexity index is 500. The second kappa shape index (κ2) is 3.66. The molecule has 0 saturated heterocycles. The molecule has 0 amide bonds. The third-order valence-electron chi connectivity index (χ3n) is 2.94. The van der Waals surface area contributed by atoms with Gasteiger partial charge in [0.1, 0.15) is 5.82 Å². The van der Waals surface area contributed by atoms with E-state index in [1.807, 2.05) is 17.7 Å². The van der Waals surface area contributed by atoms with Crippen LogP contribution in [0, 0.1) is 12.7 Å². The molecular formula is C12H15FN2. The zero-order chi connectivity index (χ0) is 11.0. The van der Waals surface area contributed by atoms with Gasteiger partial charge in [0, 0.05) is 24.5 Å². The van der Waals surface area contributed by atoms with Crippen LogP contribution >= 0.6 is 0 Å². The van der Waals surface area contributed by atoms with E-state index in [4.69, 9.17) is 5.73 Å². The van der Waals surface area contributed by atoms with Crippen LogP contribution in [0.5, 0.6) is 0 Å². The van der Waals surface area contributed by atoms with Crippen molar-refractivity contribution in [3.63, 3.8) is 0 Å². The molecule has 2 rings (SSSR count). The molecule has 0 bridgehead atoms. The molecule has 0 aliphatic rings. The number of rotatable bonds is 2. The molecule has 3 heteroatoms. The quantitative estimate of drug-likeness (QED) is 0.801. The zero-order valence-electron chi connectivity index (χ0n) is 9.05. The largest absolute Gasteiger partial charge is 0.347 e. The molecule has 2 nitrogen and oxygen atoms in total. The second-order valence-electron chi connectivity index (χ2n) is 3.83. The lowest BCUT2D eigenvalue weighted by atomic mass is 10.1. The van der Waals surface area contributed by atoms with E-state index in [1.54, 1.807) is 6.07 Å². The maximum absolute atomic E-state index is 13.1. The summed E-state index contributed by atoms with van der Waals surface area (Å²) in [5.41, 5.74) is 8.90. The van der Waals surface area contributed by atoms with E-state index in [1.165, 1.54) is 17.3 Å². The van der Waals surface area contributed by atoms with E-state index in [2.05, 4.69) is 6.92 Å². The predicted molar refractivity (Wildman–Crippen MR) is 60.4 cm³/mol. The van der Waals surface area contributed by atoms with Crippen LogP contribution in [0.1, 0.15) is 11.3 Å². The minimum Gasteiger partial charge on any atom is -0.347 e. The Balaban J connectivity index is 2.73. The van der Waals surface area contributed by atoms with Crippen LogP contribution < -0.4 is 5.73 Å². The highest BCUT2D eigenvalue weighted by atomic mass is 19.1. The van der Waals surface area contributed by atoms with Crippen molar-refractivity contribution in [2.45, 2.75) is 13.3 Å². The van der Waals surface area contributed by atoms with Crippen LogP contribution in [0.15, 0.2) is 18.2 Å². The van der Waals surface area contributed by atoms with Crippen molar-refractivity contribution in [1.29, 1.82) is 0 Å². The fourth-order valence-electron chi connectivity index (χ4n) is 2.14. The number of hydrogen-bond donors (Lipinski definition) is 1. The molecule has 0 atom stereocenters. The van der Waals surface area contributed by atoms with Gasteiger partial charge in [-0.05, 0) is 37.2 Å². The van der Waals surface area contributed by atoms with Gasteiger partial charge in [-0.1, -0.05) is 0 Å². The van der Waals surface area contributed by atoms with E-state index < -0.39 is 0 Å². The molecule has 0 fully saturated rings. The topological polar surface area (TPSA) is 30.9 Å². The van der Waals surface area contributed by atoms with Gasteiger partial charge in [-0.2, -0.15) is 0 Å². The first-order valence-corrected chi connectivity index (χ1v) is 5.08. The minimum absolute atomic E-state index is 0.192. The summed E-state index contributed by atoms with van der Waals surface area (Å²) in [5.74, 6) is -0.192. The molecule has 15 heavy (non-hydrogen) atoms. The normalized spacial score (nSPS) is 11.2. The van der Waals surface area contributed by atoms with E-state index in [9.17, 15) is 4.39 Å². The molecule has 0 aliphatic heterocycles. The molecule has 1 heterocycles. The van der Waals surface area contributed by atoms with Gasteiger partial charge in [0.25, 0.3) is 0 Å². The Kier molecular flexibility index (Phi) is 2.49. The number of halogens is 1. The number of fused-ring (bicyclic) bond motifs is 1. The molecule has 0 aliphatic carbocycles. The Hall–Kier alpha value is -1.35. The minimum atomic E-state index is -0.192. The SMILES string of the molecule is Cc1c(CCN)n(C)c2cc(F)ccc12. The highest BCUT2D eigenvalue weighted by Gasteiger charge is 2.10. The highest BCUT2D eigenvalue weighted by molar-refractivity contribution is 5.85. The van der Waals surface area contributed by atoms with E-state index in [0.29, 0.717) is 6.54 Å². The number of hydrogen-bond acceptors (Lipinski definition) is 1. The van der Waals surface area contributed by atoms with Crippen molar-refractivity contribution in [3.8, 4) is 0 Å². The Labute approximate surface area is 88.5 Å². The molecular weight excluding hydrogens is 191 g/mol. The lowest BCUT2D eigenvalue weighted by molar-refractivity contribution is 0.628. The van der Waals surface area contributed by atoms with Gasteiger partial charge in [0.05, 0.1) is 5.52 Å². The molecule has 0 unspecified atom stereocenters. The van der Waals surface area contributed by atoms with Gasteiger partial charge in [-0.3, -0.25) is 0 Å². The summed E-state index contributed by atoms with van der Waals surface area (Å²) in [6.45, 7) is 2.68. The monoisotopic (exact) mass is 206 g/mol. The molecule has 0 saturated carbocycles. The van der Waals surface area contributed by atoms with Gasteiger partial charge in [0.15, 0.2) is 0 Å². The fourth-order valence-corrected chi connectivity index (χ4v) is 2.14. The van der Waals surface area contributed by atoms with E-state index in [-0.39, 0.29) is 5.82 Å². The third kappa shape index (κ3) is 1.53. The van der Waals surface area contributed by atoms with Crippen molar-refractivity contribution >= 4 is 10.9 Å². The lowest BCUT2D eigenvalue weighted by Gasteiger charge is -2.03. The van der Waals surface area contributed by atoms with Crippen molar-refractivity contribution in [2.75, 3.05) is 6.54 Å². The number of benzene rings is 1. The fraction of sp³-hybridized carbons (Fsp3) is 0.333. The average Bonchev–Trinajstić information content (AvgIpc) is 2.44. The van der Waals surface area contributed by atoms with Crippen LogP contribution in [-0.2, 0) is 13.5 Å². The maximum Gasteiger partial charge on any atom is 0.125 e. The first kappa shape index (κ1) is 10.2. The van der Waals surface area contributed by atoms with Crippen LogP contribution in [0.3, 0.4) is 0 Å². The lowest BCUT2D eigenvalue weighted by Crippen LogP contribution is -2.07. The maximum atomic E-state index is 13.1. The summed E-state index contributed by atoms with van der Waals surface area (Å²) < 4.78 is 15.1. The number of nitrogens with zero attached hydrogens (tertiary/aromatic N) is 1. The van der Waals surface area contributed by atoms with Crippen LogP contribution in [0.25, 0.3) is 10.9 Å². The van der Waals surface area contributed by atoms with Crippen molar-refractivity contribution < 1.29 is 4.39 Å². The summed E-state index contributed by atoms with van der Waals surface area (Å²) in [6.07, 6.45) is 0.832. The second-order valence-corrected chi connectivity index (χ2v) is 3.83. The molecule has 0 spiro atoms. The number of aromatic nitrogens is 1. The Morgan fingerprint density at radius 2 is 2.13 bits per heavy atom. The molecule has 2 N–H and O–H groups in total. The van der Waals surface area contributed by atoms with Crippen molar-refractivity contribution in [3.05, 3.63) is 35.3 Å². The highest BCUT2D eigenvalue weighted by Crippen LogP contribution is 2.25. The standard InChI is InChI=1S/C12H15FN2/c1-8-10-4-3-9(13)7-12(10)15(2)11(8)5-6-14/h3-4,7H,5-6,14H2,1-2H3. The average molecular weight is 206 g/mol. The number of aryl methyl sites for hydroxylation is 2. The van der Waals surface area contributed by atoms with Crippen LogP contribution in [-0.4, -0.2) is 11.1 Å². The Morgan fingerprint density at radius 1 is 1.40 bits per heavy atom. The summed E-state index contributed by atoms with van der Waals surface area (Å²) in [7, 11) is 1.96. The zero-order valence-corrected chi connectivity index (χ0v) is 9.05. The smallest absolute Gasteiger partial charge is 0.125 e. The summed E-state index contributed by atoms with van der Waals surface area (Å²) in [6, 6.07) is 4.91. The van der Waals surface area contributed by atoms with Gasteiger partial charge in [0.2, 0.25) is 0 Å². The van der Waals surface area contributed by atoms with Crippen molar-refractivity contribution in [2.24, 2.45) is 12.8 Å². The first-order valence-electron chi connectivity index (χ1n) is 5.08. The Morgan fingerprint density at radius 3 is 2.80 bits per heavy atom. The summed E-state index contributed by atoms with van der Waals surface area (Å²) in [5, 5.41) is 1.11. The molecule has 2 aromatic rings. The third-order valence-corrected chi connectivity index (χ3v) is 2.94. The molecule has 1 aromatic heterocycles. The van der Waals surface area contributed by atoms with Gasteiger partial charge < -0.3 is 10.3 Å². The van der Waals surface area contributed by atoms with Gasteiger partial charge in [-0.15, -0.1) is 0 Å². The van der Waals surface area contributed by atoms with Crippen molar-refractivity contribution in [1.82, 2.24) is 4.57 Å². The van der Waals surface area contributed by atoms with Gasteiger partial charge >= 0.3 is 0 Å². The van der Waals surface area contributed by atoms with Crippen LogP contribution in [0.2, 0.25) is 0 Å². The first-order chi connectivity index (χ1) is 7.15. The molecule has 80 valence electrons. The van der Waals surface area contributed by atoms with Crippen LogP contribution in [0.4, 0.5) is 4.39 Å². The number of nitrogens with two attached hydrogens (primary N) is 1. The molecule has 1 aromatic carbocycles. The van der Waals surface area contributed by atoms with E-state index >= 15 is 0 Å².